The maximum absolute atomic E-state index is 10.2. The molecule has 0 bridgehead atoms. The normalized spacial score (nSPS) is 17.8. The number of nitrogens with zero attached hydrogens (tertiary/aromatic N) is 4. The lowest BCUT2D eigenvalue weighted by Gasteiger charge is -2.28. The molecule has 0 radical (unpaired) electrons. The predicted molar refractivity (Wildman–Crippen MR) is 78.7 cm³/mol. The summed E-state index contributed by atoms with van der Waals surface area (Å²) in [6, 6.07) is 9.84. The molecule has 1 aromatic heterocycles. The topological polar surface area (TPSA) is 63.4 Å². The van der Waals surface area contributed by atoms with Crippen LogP contribution in [-0.4, -0.2) is 63.7 Å². The molecule has 2 aromatic rings. The number of ether oxygens (including phenoxy) is 1. The smallest absolute Gasteiger partial charge is 0.181 e. The van der Waals surface area contributed by atoms with E-state index in [4.69, 9.17) is 4.74 Å². The molecule has 0 spiro atoms. The SMILES string of the molecule is OC(CN1CCOCC1)Cn1cnc(-c2ccccc2)n1. The van der Waals surface area contributed by atoms with Gasteiger partial charge in [-0.2, -0.15) is 5.10 Å². The van der Waals surface area contributed by atoms with Gasteiger partial charge < -0.3 is 9.84 Å². The molecule has 21 heavy (non-hydrogen) atoms. The maximum Gasteiger partial charge on any atom is 0.181 e. The second-order valence-electron chi connectivity index (χ2n) is 5.22. The van der Waals surface area contributed by atoms with Gasteiger partial charge in [0.25, 0.3) is 0 Å². The van der Waals surface area contributed by atoms with Crippen molar-refractivity contribution in [1.82, 2.24) is 19.7 Å². The molecular formula is C15H20N4O2. The number of β-amino-alcohol motifs (C(OH)–C–C–N with tert-alkyl or cyclic N) is 1. The van der Waals surface area contributed by atoms with Gasteiger partial charge in [-0.15, -0.1) is 0 Å². The standard InChI is InChI=1S/C15H20N4O2/c20-14(10-18-6-8-21-9-7-18)11-19-12-16-15(17-19)13-4-2-1-3-5-13/h1-5,12,14,20H,6-11H2. The predicted octanol–water partition coefficient (Wildman–Crippen LogP) is 0.638. The Morgan fingerprint density at radius 3 is 2.67 bits per heavy atom. The van der Waals surface area contributed by atoms with Crippen molar-refractivity contribution in [3.05, 3.63) is 36.7 Å². The fourth-order valence-corrected chi connectivity index (χ4v) is 2.46. The summed E-state index contributed by atoms with van der Waals surface area (Å²) in [5, 5.41) is 14.6. The minimum absolute atomic E-state index is 0.451. The Kier molecular flexibility index (Phi) is 4.59. The number of hydrogen-bond acceptors (Lipinski definition) is 5. The van der Waals surface area contributed by atoms with Gasteiger partial charge in [0.05, 0.1) is 25.9 Å². The van der Waals surface area contributed by atoms with Crippen molar-refractivity contribution < 1.29 is 9.84 Å². The third-order valence-electron chi connectivity index (χ3n) is 3.54. The van der Waals surface area contributed by atoms with Crippen molar-refractivity contribution in [1.29, 1.82) is 0 Å². The molecule has 2 heterocycles. The highest BCUT2D eigenvalue weighted by molar-refractivity contribution is 5.53. The van der Waals surface area contributed by atoms with Gasteiger partial charge in [-0.1, -0.05) is 30.3 Å². The van der Waals surface area contributed by atoms with Gasteiger partial charge in [-0.05, 0) is 0 Å². The lowest BCUT2D eigenvalue weighted by Crippen LogP contribution is -2.42. The number of morpholine rings is 1. The van der Waals surface area contributed by atoms with Crippen LogP contribution in [0.3, 0.4) is 0 Å². The molecule has 112 valence electrons. The van der Waals surface area contributed by atoms with E-state index in [0.717, 1.165) is 31.9 Å². The van der Waals surface area contributed by atoms with Gasteiger partial charge in [-0.25, -0.2) is 9.67 Å². The molecule has 1 fully saturated rings. The van der Waals surface area contributed by atoms with E-state index in [0.29, 0.717) is 18.9 Å². The zero-order valence-corrected chi connectivity index (χ0v) is 11.9. The van der Waals surface area contributed by atoms with Crippen molar-refractivity contribution in [2.75, 3.05) is 32.8 Å². The highest BCUT2D eigenvalue weighted by atomic mass is 16.5. The molecule has 0 aliphatic carbocycles. The molecular weight excluding hydrogens is 268 g/mol. The molecule has 1 atom stereocenters. The summed E-state index contributed by atoms with van der Waals surface area (Å²) in [4.78, 5) is 6.50. The van der Waals surface area contributed by atoms with Crippen LogP contribution in [0.2, 0.25) is 0 Å². The van der Waals surface area contributed by atoms with E-state index in [9.17, 15) is 5.11 Å². The molecule has 1 N–H and O–H groups in total. The van der Waals surface area contributed by atoms with Gasteiger partial charge in [0.2, 0.25) is 0 Å². The van der Waals surface area contributed by atoms with E-state index in [1.54, 1.807) is 11.0 Å². The van der Waals surface area contributed by atoms with Crippen LogP contribution in [0, 0.1) is 0 Å². The van der Waals surface area contributed by atoms with Crippen molar-refractivity contribution in [2.24, 2.45) is 0 Å². The summed E-state index contributed by atoms with van der Waals surface area (Å²) in [5.74, 6) is 0.689. The molecule has 6 heteroatoms. The van der Waals surface area contributed by atoms with Crippen LogP contribution in [0.15, 0.2) is 36.7 Å². The maximum atomic E-state index is 10.2. The van der Waals surface area contributed by atoms with Crippen LogP contribution in [0.25, 0.3) is 11.4 Å². The zero-order valence-electron chi connectivity index (χ0n) is 11.9. The van der Waals surface area contributed by atoms with E-state index in [1.807, 2.05) is 30.3 Å². The van der Waals surface area contributed by atoms with E-state index in [1.165, 1.54) is 0 Å². The van der Waals surface area contributed by atoms with Crippen LogP contribution in [-0.2, 0) is 11.3 Å². The number of rotatable bonds is 5. The second-order valence-corrected chi connectivity index (χ2v) is 5.22. The van der Waals surface area contributed by atoms with Crippen LogP contribution in [0.4, 0.5) is 0 Å². The number of aromatic nitrogens is 3. The monoisotopic (exact) mass is 288 g/mol. The van der Waals surface area contributed by atoms with Crippen molar-refractivity contribution in [3.63, 3.8) is 0 Å². The highest BCUT2D eigenvalue weighted by Gasteiger charge is 2.15. The zero-order chi connectivity index (χ0) is 14.5. The quantitative estimate of drug-likeness (QED) is 0.874. The summed E-state index contributed by atoms with van der Waals surface area (Å²) >= 11 is 0. The Morgan fingerprint density at radius 1 is 1.14 bits per heavy atom. The first-order valence-corrected chi connectivity index (χ1v) is 7.24. The van der Waals surface area contributed by atoms with Crippen molar-refractivity contribution >= 4 is 0 Å². The number of aliphatic hydroxyl groups excluding tert-OH is 1. The first-order valence-electron chi connectivity index (χ1n) is 7.24. The Hall–Kier alpha value is -1.76. The number of aliphatic hydroxyl groups is 1. The summed E-state index contributed by atoms with van der Waals surface area (Å²) in [7, 11) is 0. The summed E-state index contributed by atoms with van der Waals surface area (Å²) in [6.07, 6.45) is 1.22. The van der Waals surface area contributed by atoms with E-state index in [2.05, 4.69) is 15.0 Å². The van der Waals surface area contributed by atoms with Crippen LogP contribution >= 0.6 is 0 Å². The minimum Gasteiger partial charge on any atom is -0.390 e. The third-order valence-corrected chi connectivity index (χ3v) is 3.54. The van der Waals surface area contributed by atoms with Gasteiger partial charge >= 0.3 is 0 Å². The Balaban J connectivity index is 1.56. The van der Waals surface area contributed by atoms with Crippen molar-refractivity contribution in [3.8, 4) is 11.4 Å². The molecule has 1 saturated heterocycles. The highest BCUT2D eigenvalue weighted by Crippen LogP contribution is 2.13. The Morgan fingerprint density at radius 2 is 1.90 bits per heavy atom. The van der Waals surface area contributed by atoms with Gasteiger partial charge in [-0.3, -0.25) is 4.90 Å². The van der Waals surface area contributed by atoms with Gasteiger partial charge in [0, 0.05) is 25.2 Å². The molecule has 1 aliphatic rings. The second kappa shape index (κ2) is 6.80. The lowest BCUT2D eigenvalue weighted by molar-refractivity contribution is 0.0108. The minimum atomic E-state index is -0.451. The molecule has 1 aliphatic heterocycles. The first kappa shape index (κ1) is 14.2. The largest absolute Gasteiger partial charge is 0.390 e. The molecule has 1 aromatic carbocycles. The van der Waals surface area contributed by atoms with E-state index in [-0.39, 0.29) is 0 Å². The fourth-order valence-electron chi connectivity index (χ4n) is 2.46. The summed E-state index contributed by atoms with van der Waals surface area (Å²) in [6.45, 7) is 4.34. The molecule has 6 nitrogen and oxygen atoms in total. The third kappa shape index (κ3) is 3.87. The van der Waals surface area contributed by atoms with Gasteiger partial charge in [0.15, 0.2) is 5.82 Å². The summed E-state index contributed by atoms with van der Waals surface area (Å²) < 4.78 is 7.00. The van der Waals surface area contributed by atoms with E-state index >= 15 is 0 Å². The average molecular weight is 288 g/mol. The van der Waals surface area contributed by atoms with Crippen molar-refractivity contribution in [2.45, 2.75) is 12.6 Å². The van der Waals surface area contributed by atoms with Crippen LogP contribution < -0.4 is 0 Å². The van der Waals surface area contributed by atoms with Crippen LogP contribution in [0.1, 0.15) is 0 Å². The Labute approximate surface area is 124 Å². The first-order chi connectivity index (χ1) is 10.3. The van der Waals surface area contributed by atoms with Gasteiger partial charge in [0.1, 0.15) is 6.33 Å². The molecule has 0 amide bonds. The average Bonchev–Trinajstić information content (AvgIpc) is 2.97. The van der Waals surface area contributed by atoms with E-state index < -0.39 is 6.10 Å². The lowest BCUT2D eigenvalue weighted by atomic mass is 10.2. The van der Waals surface area contributed by atoms with Crippen LogP contribution in [0.5, 0.6) is 0 Å². The number of benzene rings is 1. The Bertz CT molecular complexity index is 552. The number of hydrogen-bond donors (Lipinski definition) is 1. The molecule has 3 rings (SSSR count). The fraction of sp³-hybridized carbons (Fsp3) is 0.467. The molecule has 0 saturated carbocycles. The molecule has 1 unspecified atom stereocenters. The summed E-state index contributed by atoms with van der Waals surface area (Å²) in [5.41, 5.74) is 0.985.